The van der Waals surface area contributed by atoms with Gasteiger partial charge in [0.2, 0.25) is 15.9 Å². The van der Waals surface area contributed by atoms with Crippen molar-refractivity contribution in [1.29, 1.82) is 0 Å². The van der Waals surface area contributed by atoms with Crippen LogP contribution >= 0.6 is 0 Å². The van der Waals surface area contributed by atoms with Crippen molar-refractivity contribution in [2.75, 3.05) is 13.1 Å². The summed E-state index contributed by atoms with van der Waals surface area (Å²) in [6.45, 7) is 2.41. The average Bonchev–Trinajstić information content (AvgIpc) is 2.89. The van der Waals surface area contributed by atoms with Gasteiger partial charge < -0.3 is 5.32 Å². The second-order valence-electron chi connectivity index (χ2n) is 4.62. The molecular weight excluding hydrogens is 240 g/mol. The van der Waals surface area contributed by atoms with Gasteiger partial charge in [-0.1, -0.05) is 17.7 Å². The first-order valence-electron chi connectivity index (χ1n) is 5.34. The van der Waals surface area contributed by atoms with E-state index in [4.69, 9.17) is 0 Å². The lowest BCUT2D eigenvalue weighted by Gasteiger charge is -2.35. The monoisotopic (exact) mass is 252 g/mol. The minimum Gasteiger partial charge on any atom is -0.337 e. The van der Waals surface area contributed by atoms with Gasteiger partial charge in [-0.15, -0.1) is 0 Å². The predicted octanol–water partition coefficient (Wildman–Crippen LogP) is -0.132. The molecule has 2 saturated heterocycles. The fourth-order valence-corrected chi connectivity index (χ4v) is 3.55. The van der Waals surface area contributed by atoms with E-state index in [1.165, 1.54) is 4.31 Å². The van der Waals surface area contributed by atoms with Crippen molar-refractivity contribution in [3.63, 3.8) is 0 Å². The molecule has 0 radical (unpaired) electrons. The van der Waals surface area contributed by atoms with Crippen molar-refractivity contribution in [2.45, 2.75) is 17.4 Å². The van der Waals surface area contributed by atoms with Crippen LogP contribution in [0.3, 0.4) is 0 Å². The number of rotatable bonds is 2. The van der Waals surface area contributed by atoms with Gasteiger partial charge in [-0.25, -0.2) is 8.42 Å². The van der Waals surface area contributed by atoms with Gasteiger partial charge >= 0.3 is 0 Å². The van der Waals surface area contributed by atoms with Gasteiger partial charge in [0.15, 0.2) is 0 Å². The van der Waals surface area contributed by atoms with Crippen LogP contribution in [-0.4, -0.2) is 37.3 Å². The fraction of sp³-hybridized carbons (Fsp3) is 0.364. The number of nitrogens with zero attached hydrogens (tertiary/aromatic N) is 1. The van der Waals surface area contributed by atoms with Crippen LogP contribution in [0.4, 0.5) is 0 Å². The molecule has 90 valence electrons. The second-order valence-corrected chi connectivity index (χ2v) is 6.56. The molecule has 2 fully saturated rings. The van der Waals surface area contributed by atoms with E-state index in [1.54, 1.807) is 24.3 Å². The second kappa shape index (κ2) is 3.08. The number of nitrogens with one attached hydrogen (secondary N) is 1. The molecule has 0 bridgehead atoms. The summed E-state index contributed by atoms with van der Waals surface area (Å²) in [6.07, 6.45) is 0. The lowest BCUT2D eigenvalue weighted by Crippen LogP contribution is -2.58. The maximum atomic E-state index is 12.1. The Labute approximate surface area is 99.5 Å². The van der Waals surface area contributed by atoms with Gasteiger partial charge in [0.05, 0.1) is 4.90 Å². The Hall–Kier alpha value is -1.40. The van der Waals surface area contributed by atoms with Crippen molar-refractivity contribution in [1.82, 2.24) is 9.62 Å². The molecule has 2 aliphatic heterocycles. The zero-order chi connectivity index (χ0) is 12.3. The van der Waals surface area contributed by atoms with Gasteiger partial charge in [0, 0.05) is 13.1 Å². The first-order chi connectivity index (χ1) is 7.94. The van der Waals surface area contributed by atoms with Gasteiger partial charge in [-0.2, -0.15) is 4.31 Å². The topological polar surface area (TPSA) is 76.4 Å². The Bertz CT molecular complexity index is 586. The predicted molar refractivity (Wildman–Crippen MR) is 60.8 cm³/mol. The minimum atomic E-state index is -3.43. The molecule has 3 rings (SSSR count). The summed E-state index contributed by atoms with van der Waals surface area (Å²) < 4.78 is 25.6. The molecule has 17 heavy (non-hydrogen) atoms. The largest absolute Gasteiger partial charge is 0.337 e. The van der Waals surface area contributed by atoms with Crippen LogP contribution < -0.4 is 5.32 Å². The molecule has 1 N–H and O–H groups in total. The summed E-state index contributed by atoms with van der Waals surface area (Å²) in [7, 11) is -3.43. The van der Waals surface area contributed by atoms with Crippen LogP contribution in [-0.2, 0) is 14.8 Å². The molecule has 1 spiro atoms. The van der Waals surface area contributed by atoms with E-state index < -0.39 is 15.6 Å². The number of sulfonamides is 1. The first kappa shape index (κ1) is 10.7. The van der Waals surface area contributed by atoms with Gasteiger partial charge in [-0.05, 0) is 19.1 Å². The first-order valence-corrected chi connectivity index (χ1v) is 6.78. The number of aryl methyl sites for hydroxylation is 1. The lowest BCUT2D eigenvalue weighted by atomic mass is 10.0. The molecule has 2 aliphatic rings. The smallest absolute Gasteiger partial charge is 0.249 e. The molecule has 0 atom stereocenters. The fourth-order valence-electron chi connectivity index (χ4n) is 1.99. The summed E-state index contributed by atoms with van der Waals surface area (Å²) in [5, 5.41) is 2.66. The van der Waals surface area contributed by atoms with Gasteiger partial charge in [-0.3, -0.25) is 4.79 Å². The number of benzene rings is 1. The van der Waals surface area contributed by atoms with Crippen LogP contribution in [0.15, 0.2) is 29.2 Å². The number of hydrogen-bond donors (Lipinski definition) is 1. The van der Waals surface area contributed by atoms with E-state index in [0.29, 0.717) is 0 Å². The summed E-state index contributed by atoms with van der Waals surface area (Å²) in [6, 6.07) is 6.72. The van der Waals surface area contributed by atoms with Crippen molar-refractivity contribution < 1.29 is 13.2 Å². The highest BCUT2D eigenvalue weighted by molar-refractivity contribution is 7.89. The maximum absolute atomic E-state index is 12.1. The quantitative estimate of drug-likeness (QED) is 0.745. The number of hydrogen-bond acceptors (Lipinski definition) is 3. The van der Waals surface area contributed by atoms with Gasteiger partial charge in [0.1, 0.15) is 5.54 Å². The van der Waals surface area contributed by atoms with Crippen molar-refractivity contribution >= 4 is 15.9 Å². The molecule has 0 saturated carbocycles. The molecular formula is C11H12N2O3S. The molecule has 1 aromatic carbocycles. The summed E-state index contributed by atoms with van der Waals surface area (Å²) >= 11 is 0. The van der Waals surface area contributed by atoms with Crippen LogP contribution in [0.25, 0.3) is 0 Å². The summed E-state index contributed by atoms with van der Waals surface area (Å²) in [4.78, 5) is 11.3. The van der Waals surface area contributed by atoms with E-state index in [-0.39, 0.29) is 23.9 Å². The Kier molecular flexibility index (Phi) is 1.95. The third-order valence-corrected chi connectivity index (χ3v) is 5.08. The van der Waals surface area contributed by atoms with E-state index in [9.17, 15) is 13.2 Å². The van der Waals surface area contributed by atoms with Crippen LogP contribution in [0.1, 0.15) is 5.56 Å². The van der Waals surface area contributed by atoms with Crippen molar-refractivity contribution in [3.8, 4) is 0 Å². The molecule has 0 unspecified atom stereocenters. The lowest BCUT2D eigenvalue weighted by molar-refractivity contribution is -0.113. The number of carbonyl (C=O) groups excluding carboxylic acids is 1. The SMILES string of the molecule is Cc1ccc(S(=O)(=O)N2CC3(C2)NC3=O)cc1. The molecule has 1 aromatic rings. The standard InChI is InChI=1S/C11H12N2O3S/c1-8-2-4-9(5-3-8)17(15,16)13-6-11(7-13)10(14)12-11/h2-5H,6-7H2,1H3,(H,12,14). The van der Waals surface area contributed by atoms with Crippen molar-refractivity contribution in [2.24, 2.45) is 0 Å². The summed E-state index contributed by atoms with van der Waals surface area (Å²) in [5.74, 6) is -0.0483. The van der Waals surface area contributed by atoms with E-state index in [0.717, 1.165) is 5.56 Å². The Morgan fingerprint density at radius 2 is 1.76 bits per heavy atom. The van der Waals surface area contributed by atoms with E-state index in [2.05, 4.69) is 5.32 Å². The van der Waals surface area contributed by atoms with Gasteiger partial charge in [0.25, 0.3) is 0 Å². The highest BCUT2D eigenvalue weighted by Crippen LogP contribution is 2.35. The van der Waals surface area contributed by atoms with Crippen LogP contribution in [0.5, 0.6) is 0 Å². The summed E-state index contributed by atoms with van der Waals surface area (Å²) in [5.41, 5.74) is 0.459. The third kappa shape index (κ3) is 1.48. The minimum absolute atomic E-state index is 0.0483. The third-order valence-electron chi connectivity index (χ3n) is 3.28. The van der Waals surface area contributed by atoms with Crippen LogP contribution in [0.2, 0.25) is 0 Å². The zero-order valence-electron chi connectivity index (χ0n) is 9.30. The highest BCUT2D eigenvalue weighted by Gasteiger charge is 2.64. The molecule has 5 nitrogen and oxygen atoms in total. The number of carbonyl (C=O) groups is 1. The van der Waals surface area contributed by atoms with Crippen LogP contribution in [0, 0.1) is 6.92 Å². The Morgan fingerprint density at radius 1 is 1.24 bits per heavy atom. The Morgan fingerprint density at radius 3 is 2.24 bits per heavy atom. The molecule has 1 amide bonds. The number of amides is 1. The molecule has 0 aromatic heterocycles. The maximum Gasteiger partial charge on any atom is 0.249 e. The molecule has 6 heteroatoms. The average molecular weight is 252 g/mol. The Balaban J connectivity index is 1.83. The highest BCUT2D eigenvalue weighted by atomic mass is 32.2. The van der Waals surface area contributed by atoms with Crippen molar-refractivity contribution in [3.05, 3.63) is 29.8 Å². The van der Waals surface area contributed by atoms with E-state index in [1.807, 2.05) is 6.92 Å². The molecule has 0 aliphatic carbocycles. The van der Waals surface area contributed by atoms with E-state index >= 15 is 0 Å². The zero-order valence-corrected chi connectivity index (χ0v) is 10.1. The normalized spacial score (nSPS) is 22.1. The molecule has 2 heterocycles.